The first-order chi connectivity index (χ1) is 7.97. The fourth-order valence-electron chi connectivity index (χ4n) is 2.01. The first-order valence-corrected chi connectivity index (χ1v) is 5.89. The highest BCUT2D eigenvalue weighted by molar-refractivity contribution is 5.81. The molecule has 2 rings (SSSR count). The number of hydrazine groups is 1. The van der Waals surface area contributed by atoms with E-state index in [-0.39, 0.29) is 11.4 Å². The topological polar surface area (TPSA) is 49.6 Å². The average Bonchev–Trinajstić information content (AvgIpc) is 2.60. The summed E-state index contributed by atoms with van der Waals surface area (Å²) in [6.07, 6.45) is 0.560. The normalized spacial score (nSPS) is 16.8. The van der Waals surface area contributed by atoms with Crippen molar-refractivity contribution in [3.05, 3.63) is 30.3 Å². The lowest BCUT2D eigenvalue weighted by Gasteiger charge is -2.34. The predicted molar refractivity (Wildman–Crippen MR) is 68.4 cm³/mol. The van der Waals surface area contributed by atoms with Crippen LogP contribution in [0.3, 0.4) is 0 Å². The molecule has 0 spiro atoms. The summed E-state index contributed by atoms with van der Waals surface area (Å²) in [5.74, 6) is 0.146. The molecule has 4 heteroatoms. The Balaban J connectivity index is 2.20. The standard InChI is InChI=1S/C13H19N3O/c1-13(2,14)10-16-12(17)8-9-15(16)11-6-4-3-5-7-11/h3-7H,8-10,14H2,1-2H3. The van der Waals surface area contributed by atoms with Crippen molar-refractivity contribution in [2.75, 3.05) is 18.1 Å². The summed E-state index contributed by atoms with van der Waals surface area (Å²) < 4.78 is 0. The maximum Gasteiger partial charge on any atom is 0.243 e. The zero-order chi connectivity index (χ0) is 12.5. The number of nitrogens with zero attached hydrogens (tertiary/aromatic N) is 2. The second kappa shape index (κ2) is 4.37. The minimum absolute atomic E-state index is 0.146. The molecule has 0 aromatic heterocycles. The number of carbonyl (C=O) groups excluding carboxylic acids is 1. The van der Waals surface area contributed by atoms with Gasteiger partial charge in [-0.15, -0.1) is 0 Å². The van der Waals surface area contributed by atoms with Crippen molar-refractivity contribution >= 4 is 11.6 Å². The van der Waals surface area contributed by atoms with E-state index in [1.807, 2.05) is 49.2 Å². The van der Waals surface area contributed by atoms with Crippen LogP contribution in [0.2, 0.25) is 0 Å². The number of amides is 1. The van der Waals surface area contributed by atoms with Crippen molar-refractivity contribution in [1.29, 1.82) is 0 Å². The van der Waals surface area contributed by atoms with E-state index in [9.17, 15) is 4.79 Å². The molecule has 1 aromatic rings. The number of nitrogens with two attached hydrogens (primary N) is 1. The van der Waals surface area contributed by atoms with E-state index >= 15 is 0 Å². The fraction of sp³-hybridized carbons (Fsp3) is 0.462. The van der Waals surface area contributed by atoms with Crippen LogP contribution in [0, 0.1) is 0 Å². The van der Waals surface area contributed by atoms with Crippen molar-refractivity contribution < 1.29 is 4.79 Å². The molecule has 92 valence electrons. The van der Waals surface area contributed by atoms with Gasteiger partial charge in [-0.05, 0) is 26.0 Å². The molecule has 1 saturated heterocycles. The zero-order valence-corrected chi connectivity index (χ0v) is 10.4. The summed E-state index contributed by atoms with van der Waals surface area (Å²) in [5, 5.41) is 3.77. The third-order valence-corrected chi connectivity index (χ3v) is 2.73. The Morgan fingerprint density at radius 3 is 2.53 bits per heavy atom. The molecule has 0 bridgehead atoms. The van der Waals surface area contributed by atoms with Crippen LogP contribution < -0.4 is 10.7 Å². The van der Waals surface area contributed by atoms with Crippen LogP contribution >= 0.6 is 0 Å². The van der Waals surface area contributed by atoms with Gasteiger partial charge in [0.05, 0.1) is 12.2 Å². The van der Waals surface area contributed by atoms with Crippen molar-refractivity contribution in [2.45, 2.75) is 25.8 Å². The highest BCUT2D eigenvalue weighted by Crippen LogP contribution is 2.23. The maximum atomic E-state index is 11.9. The highest BCUT2D eigenvalue weighted by Gasteiger charge is 2.32. The van der Waals surface area contributed by atoms with E-state index in [1.54, 1.807) is 5.01 Å². The summed E-state index contributed by atoms with van der Waals surface area (Å²) in [6, 6.07) is 9.94. The van der Waals surface area contributed by atoms with E-state index in [0.29, 0.717) is 13.0 Å². The first-order valence-electron chi connectivity index (χ1n) is 5.89. The molecule has 1 fully saturated rings. The van der Waals surface area contributed by atoms with Crippen LogP contribution in [-0.4, -0.2) is 29.5 Å². The van der Waals surface area contributed by atoms with Gasteiger partial charge in [-0.3, -0.25) is 14.8 Å². The van der Waals surface area contributed by atoms with Crippen molar-refractivity contribution in [1.82, 2.24) is 5.01 Å². The molecule has 0 saturated carbocycles. The molecular formula is C13H19N3O. The van der Waals surface area contributed by atoms with Crippen LogP contribution in [0.15, 0.2) is 30.3 Å². The molecule has 1 aromatic carbocycles. The number of hydrogen-bond donors (Lipinski definition) is 1. The fourth-order valence-corrected chi connectivity index (χ4v) is 2.01. The second-order valence-electron chi connectivity index (χ2n) is 5.15. The molecule has 1 heterocycles. The highest BCUT2D eigenvalue weighted by atomic mass is 16.2. The van der Waals surface area contributed by atoms with Crippen molar-refractivity contribution in [3.8, 4) is 0 Å². The van der Waals surface area contributed by atoms with Gasteiger partial charge in [-0.2, -0.15) is 0 Å². The third-order valence-electron chi connectivity index (χ3n) is 2.73. The lowest BCUT2D eigenvalue weighted by Crippen LogP contribution is -2.51. The largest absolute Gasteiger partial charge is 0.324 e. The molecule has 1 amide bonds. The minimum atomic E-state index is -0.382. The molecule has 0 radical (unpaired) electrons. The smallest absolute Gasteiger partial charge is 0.243 e. The molecule has 1 aliphatic rings. The van der Waals surface area contributed by atoms with Crippen LogP contribution in [0.5, 0.6) is 0 Å². The molecule has 2 N–H and O–H groups in total. The van der Waals surface area contributed by atoms with Gasteiger partial charge in [-0.1, -0.05) is 18.2 Å². The number of carbonyl (C=O) groups is 1. The monoisotopic (exact) mass is 233 g/mol. The summed E-state index contributed by atoms with van der Waals surface area (Å²) in [5.41, 5.74) is 6.66. The van der Waals surface area contributed by atoms with E-state index in [2.05, 4.69) is 0 Å². The molecule has 0 unspecified atom stereocenters. The number of rotatable bonds is 3. The van der Waals surface area contributed by atoms with Gasteiger partial charge < -0.3 is 5.73 Å². The number of hydrogen-bond acceptors (Lipinski definition) is 3. The summed E-state index contributed by atoms with van der Waals surface area (Å²) in [6.45, 7) is 5.14. The average molecular weight is 233 g/mol. The molecule has 1 aliphatic heterocycles. The third kappa shape index (κ3) is 2.77. The lowest BCUT2D eigenvalue weighted by atomic mass is 10.1. The van der Waals surface area contributed by atoms with Gasteiger partial charge in [-0.25, -0.2) is 0 Å². The first kappa shape index (κ1) is 11.9. The molecule has 0 atom stereocenters. The number of anilines is 1. The predicted octanol–water partition coefficient (Wildman–Crippen LogP) is 1.38. The molecular weight excluding hydrogens is 214 g/mol. The van der Waals surface area contributed by atoms with Crippen LogP contribution in [-0.2, 0) is 4.79 Å². The molecule has 4 nitrogen and oxygen atoms in total. The van der Waals surface area contributed by atoms with Gasteiger partial charge >= 0.3 is 0 Å². The lowest BCUT2D eigenvalue weighted by molar-refractivity contribution is -0.128. The summed E-state index contributed by atoms with van der Waals surface area (Å²) in [7, 11) is 0. The Hall–Kier alpha value is -1.55. The van der Waals surface area contributed by atoms with E-state index < -0.39 is 0 Å². The van der Waals surface area contributed by atoms with E-state index in [1.165, 1.54) is 0 Å². The molecule has 0 aliphatic carbocycles. The van der Waals surface area contributed by atoms with Crippen LogP contribution in [0.25, 0.3) is 0 Å². The second-order valence-corrected chi connectivity index (χ2v) is 5.15. The van der Waals surface area contributed by atoms with Gasteiger partial charge in [0.15, 0.2) is 0 Å². The van der Waals surface area contributed by atoms with Crippen LogP contribution in [0.4, 0.5) is 5.69 Å². The zero-order valence-electron chi connectivity index (χ0n) is 10.4. The minimum Gasteiger partial charge on any atom is -0.324 e. The van der Waals surface area contributed by atoms with Crippen LogP contribution in [0.1, 0.15) is 20.3 Å². The maximum absolute atomic E-state index is 11.9. The SMILES string of the molecule is CC(C)(N)CN1C(=O)CCN1c1ccccc1. The van der Waals surface area contributed by atoms with Crippen molar-refractivity contribution in [3.63, 3.8) is 0 Å². The Labute approximate surface area is 102 Å². The van der Waals surface area contributed by atoms with Crippen molar-refractivity contribution in [2.24, 2.45) is 5.73 Å². The molecule has 17 heavy (non-hydrogen) atoms. The van der Waals surface area contributed by atoms with Gasteiger partial charge in [0.1, 0.15) is 0 Å². The Kier molecular flexibility index (Phi) is 3.07. The Morgan fingerprint density at radius 1 is 1.29 bits per heavy atom. The Bertz CT molecular complexity index is 397. The van der Waals surface area contributed by atoms with E-state index in [4.69, 9.17) is 5.73 Å². The summed E-state index contributed by atoms with van der Waals surface area (Å²) in [4.78, 5) is 11.9. The van der Waals surface area contributed by atoms with Gasteiger partial charge in [0.2, 0.25) is 5.91 Å². The quantitative estimate of drug-likeness (QED) is 0.858. The summed E-state index contributed by atoms with van der Waals surface area (Å²) >= 11 is 0. The van der Waals surface area contributed by atoms with E-state index in [0.717, 1.165) is 12.2 Å². The number of para-hydroxylation sites is 1. The van der Waals surface area contributed by atoms with Gasteiger partial charge in [0, 0.05) is 18.5 Å². The number of benzene rings is 1. The Morgan fingerprint density at radius 2 is 1.94 bits per heavy atom. The van der Waals surface area contributed by atoms with Gasteiger partial charge in [0.25, 0.3) is 0 Å².